The van der Waals surface area contributed by atoms with Crippen molar-refractivity contribution < 1.29 is 14.1 Å². The third-order valence-electron chi connectivity index (χ3n) is 3.03. The standard InChI is InChI=1S/C16H19N3O3/c1-3-9-19(16(21)13-7-5-4-6-8-13)11-15(20)17-14-10-12(2)22-18-14/h4-8,10H,3,9,11H2,1-2H3,(H,17,18,20). The van der Waals surface area contributed by atoms with Gasteiger partial charge in [0.25, 0.3) is 5.91 Å². The largest absolute Gasteiger partial charge is 0.360 e. The van der Waals surface area contributed by atoms with Crippen LogP contribution in [-0.4, -0.2) is 35.0 Å². The summed E-state index contributed by atoms with van der Waals surface area (Å²) in [6.07, 6.45) is 0.773. The molecule has 1 heterocycles. The van der Waals surface area contributed by atoms with Crippen molar-refractivity contribution in [2.75, 3.05) is 18.4 Å². The van der Waals surface area contributed by atoms with Gasteiger partial charge in [-0.3, -0.25) is 9.59 Å². The van der Waals surface area contributed by atoms with Gasteiger partial charge in [0.2, 0.25) is 5.91 Å². The first-order valence-corrected chi connectivity index (χ1v) is 7.17. The normalized spacial score (nSPS) is 10.3. The van der Waals surface area contributed by atoms with Crippen LogP contribution >= 0.6 is 0 Å². The van der Waals surface area contributed by atoms with E-state index in [0.29, 0.717) is 23.7 Å². The fourth-order valence-corrected chi connectivity index (χ4v) is 2.07. The molecule has 0 aliphatic heterocycles. The van der Waals surface area contributed by atoms with Gasteiger partial charge in [-0.2, -0.15) is 0 Å². The molecule has 0 saturated carbocycles. The highest BCUT2D eigenvalue weighted by Crippen LogP contribution is 2.09. The molecule has 0 bridgehead atoms. The molecule has 1 aromatic heterocycles. The number of aromatic nitrogens is 1. The third-order valence-corrected chi connectivity index (χ3v) is 3.03. The second-order valence-electron chi connectivity index (χ2n) is 4.96. The van der Waals surface area contributed by atoms with Gasteiger partial charge < -0.3 is 14.7 Å². The molecule has 0 aliphatic rings. The van der Waals surface area contributed by atoms with Crippen molar-refractivity contribution in [3.63, 3.8) is 0 Å². The minimum atomic E-state index is -0.300. The highest BCUT2D eigenvalue weighted by atomic mass is 16.5. The van der Waals surface area contributed by atoms with E-state index in [0.717, 1.165) is 6.42 Å². The van der Waals surface area contributed by atoms with Crippen molar-refractivity contribution in [1.82, 2.24) is 10.1 Å². The van der Waals surface area contributed by atoms with Crippen LogP contribution in [0.1, 0.15) is 29.5 Å². The molecule has 2 amide bonds. The van der Waals surface area contributed by atoms with E-state index in [2.05, 4.69) is 10.5 Å². The highest BCUT2D eigenvalue weighted by Gasteiger charge is 2.18. The maximum absolute atomic E-state index is 12.4. The van der Waals surface area contributed by atoms with E-state index in [4.69, 9.17) is 4.52 Å². The lowest BCUT2D eigenvalue weighted by molar-refractivity contribution is -0.116. The molecule has 0 saturated heterocycles. The Kier molecular flexibility index (Phi) is 5.30. The van der Waals surface area contributed by atoms with Gasteiger partial charge in [-0.1, -0.05) is 30.3 Å². The summed E-state index contributed by atoms with van der Waals surface area (Å²) in [5.41, 5.74) is 0.570. The summed E-state index contributed by atoms with van der Waals surface area (Å²) in [7, 11) is 0. The highest BCUT2D eigenvalue weighted by molar-refractivity contribution is 5.99. The first-order chi connectivity index (χ1) is 10.6. The molecule has 0 radical (unpaired) electrons. The second-order valence-corrected chi connectivity index (χ2v) is 4.96. The average Bonchev–Trinajstić information content (AvgIpc) is 2.92. The average molecular weight is 301 g/mol. The molecule has 6 nitrogen and oxygen atoms in total. The Balaban J connectivity index is 2.02. The molecule has 1 N–H and O–H groups in total. The van der Waals surface area contributed by atoms with Gasteiger partial charge in [0.05, 0.1) is 0 Å². The van der Waals surface area contributed by atoms with Crippen LogP contribution in [0.2, 0.25) is 0 Å². The molecule has 0 aliphatic carbocycles. The van der Waals surface area contributed by atoms with Gasteiger partial charge in [0, 0.05) is 18.2 Å². The Morgan fingerprint density at radius 2 is 2.00 bits per heavy atom. The molecule has 0 unspecified atom stereocenters. The van der Waals surface area contributed by atoms with Crippen LogP contribution in [-0.2, 0) is 4.79 Å². The lowest BCUT2D eigenvalue weighted by Crippen LogP contribution is -2.38. The fourth-order valence-electron chi connectivity index (χ4n) is 2.07. The minimum Gasteiger partial charge on any atom is -0.360 e. The van der Waals surface area contributed by atoms with Crippen LogP contribution in [0.3, 0.4) is 0 Å². The molecule has 6 heteroatoms. The maximum Gasteiger partial charge on any atom is 0.254 e. The first-order valence-electron chi connectivity index (χ1n) is 7.17. The zero-order valence-corrected chi connectivity index (χ0v) is 12.7. The number of benzene rings is 1. The van der Waals surface area contributed by atoms with Crippen molar-refractivity contribution in [2.24, 2.45) is 0 Å². The predicted octanol–water partition coefficient (Wildman–Crippen LogP) is 2.47. The van der Waals surface area contributed by atoms with Gasteiger partial charge >= 0.3 is 0 Å². The molecule has 116 valence electrons. The minimum absolute atomic E-state index is 0.0204. The van der Waals surface area contributed by atoms with Gasteiger partial charge in [0.1, 0.15) is 12.3 Å². The Morgan fingerprint density at radius 3 is 2.59 bits per heavy atom. The van der Waals surface area contributed by atoms with Crippen molar-refractivity contribution in [1.29, 1.82) is 0 Å². The summed E-state index contributed by atoms with van der Waals surface area (Å²) >= 11 is 0. The summed E-state index contributed by atoms with van der Waals surface area (Å²) < 4.78 is 4.89. The molecule has 22 heavy (non-hydrogen) atoms. The zero-order chi connectivity index (χ0) is 15.9. The SMILES string of the molecule is CCCN(CC(=O)Nc1cc(C)on1)C(=O)c1ccccc1. The number of carbonyl (C=O) groups is 2. The van der Waals surface area contributed by atoms with E-state index in [1.807, 2.05) is 13.0 Å². The summed E-state index contributed by atoms with van der Waals surface area (Å²) in [6, 6.07) is 10.6. The van der Waals surface area contributed by atoms with Crippen LogP contribution in [0.15, 0.2) is 40.9 Å². The number of anilines is 1. The van der Waals surface area contributed by atoms with Crippen LogP contribution in [0.4, 0.5) is 5.82 Å². The van der Waals surface area contributed by atoms with E-state index in [1.165, 1.54) is 4.90 Å². The number of aryl methyl sites for hydroxylation is 1. The van der Waals surface area contributed by atoms with E-state index >= 15 is 0 Å². The van der Waals surface area contributed by atoms with Crippen molar-refractivity contribution in [3.8, 4) is 0 Å². The van der Waals surface area contributed by atoms with E-state index in [-0.39, 0.29) is 18.4 Å². The zero-order valence-electron chi connectivity index (χ0n) is 12.7. The van der Waals surface area contributed by atoms with Gasteiger partial charge in [-0.25, -0.2) is 0 Å². The number of hydrogen-bond donors (Lipinski definition) is 1. The van der Waals surface area contributed by atoms with Crippen molar-refractivity contribution in [3.05, 3.63) is 47.7 Å². The lowest BCUT2D eigenvalue weighted by Gasteiger charge is -2.21. The van der Waals surface area contributed by atoms with Crippen LogP contribution in [0.25, 0.3) is 0 Å². The van der Waals surface area contributed by atoms with Crippen LogP contribution < -0.4 is 5.32 Å². The van der Waals surface area contributed by atoms with Crippen LogP contribution in [0, 0.1) is 6.92 Å². The summed E-state index contributed by atoms with van der Waals surface area (Å²) in [4.78, 5) is 26.0. The monoisotopic (exact) mass is 301 g/mol. The van der Waals surface area contributed by atoms with Crippen LogP contribution in [0.5, 0.6) is 0 Å². The number of amides is 2. The fraction of sp³-hybridized carbons (Fsp3) is 0.312. The van der Waals surface area contributed by atoms with Crippen molar-refractivity contribution >= 4 is 17.6 Å². The Bertz CT molecular complexity index is 637. The van der Waals surface area contributed by atoms with E-state index in [1.54, 1.807) is 37.3 Å². The van der Waals surface area contributed by atoms with Gasteiger partial charge in [-0.15, -0.1) is 0 Å². The molecule has 1 aromatic carbocycles. The number of hydrogen-bond acceptors (Lipinski definition) is 4. The van der Waals surface area contributed by atoms with Gasteiger partial charge in [-0.05, 0) is 25.5 Å². The van der Waals surface area contributed by atoms with Crippen molar-refractivity contribution in [2.45, 2.75) is 20.3 Å². The molecule has 0 atom stereocenters. The summed E-state index contributed by atoms with van der Waals surface area (Å²) in [5, 5.41) is 6.32. The Morgan fingerprint density at radius 1 is 1.27 bits per heavy atom. The number of carbonyl (C=O) groups excluding carboxylic acids is 2. The summed E-state index contributed by atoms with van der Waals surface area (Å²) in [5.74, 6) is 0.507. The van der Waals surface area contributed by atoms with Gasteiger partial charge in [0.15, 0.2) is 5.82 Å². The number of nitrogens with zero attached hydrogens (tertiary/aromatic N) is 2. The van der Waals surface area contributed by atoms with E-state index < -0.39 is 0 Å². The number of nitrogens with one attached hydrogen (secondary N) is 1. The quantitative estimate of drug-likeness (QED) is 0.889. The molecule has 2 rings (SSSR count). The first kappa shape index (κ1) is 15.8. The lowest BCUT2D eigenvalue weighted by atomic mass is 10.2. The smallest absolute Gasteiger partial charge is 0.254 e. The molecule has 0 spiro atoms. The summed E-state index contributed by atoms with van der Waals surface area (Å²) in [6.45, 7) is 4.20. The molecule has 0 fully saturated rings. The van der Waals surface area contributed by atoms with E-state index in [9.17, 15) is 9.59 Å². The molecular formula is C16H19N3O3. The Hall–Kier alpha value is -2.63. The Labute approximate surface area is 129 Å². The topological polar surface area (TPSA) is 75.4 Å². The molecule has 2 aromatic rings. The maximum atomic E-state index is 12.4. The predicted molar refractivity (Wildman–Crippen MR) is 82.5 cm³/mol. The third kappa shape index (κ3) is 4.18. The molecular weight excluding hydrogens is 282 g/mol. The number of rotatable bonds is 6. The second kappa shape index (κ2) is 7.40.